The number of nitrogens with one attached hydrogen (secondary N) is 8. The zero-order chi connectivity index (χ0) is 83.8. The minimum Gasteiger partial charge on any atom is -0.480 e. The van der Waals surface area contributed by atoms with E-state index in [1.165, 1.54) is 43.7 Å². The summed E-state index contributed by atoms with van der Waals surface area (Å²) >= 11 is 0. The van der Waals surface area contributed by atoms with Gasteiger partial charge in [-0.3, -0.25) is 53.0 Å². The van der Waals surface area contributed by atoms with Gasteiger partial charge in [-0.15, -0.1) is 5.10 Å². The maximum Gasteiger partial charge on any atom is 0.326 e. The first-order valence-corrected chi connectivity index (χ1v) is 39.8. The number of fused-ring (bicyclic) bond motifs is 3. The van der Waals surface area contributed by atoms with Crippen molar-refractivity contribution in [3.05, 3.63) is 126 Å². The number of nitrogen functional groups attached to an aromatic ring is 2. The smallest absolute Gasteiger partial charge is 0.326 e. The lowest BCUT2D eigenvalue weighted by Gasteiger charge is -2.24. The number of hydrogen-bond acceptors (Lipinski definition) is 27. The minimum absolute atomic E-state index is 0.0455. The fourth-order valence-electron chi connectivity index (χ4n) is 12.2. The maximum absolute atomic E-state index is 14.0. The fourth-order valence-corrected chi connectivity index (χ4v) is 18.5. The number of H-pyrrole nitrogens is 2. The van der Waals surface area contributed by atoms with Crippen molar-refractivity contribution < 1.29 is 66.5 Å². The van der Waals surface area contributed by atoms with E-state index in [1.807, 2.05) is 55.4 Å². The van der Waals surface area contributed by atoms with Crippen molar-refractivity contribution in [1.82, 2.24) is 76.1 Å². The van der Waals surface area contributed by atoms with Crippen LogP contribution in [0.5, 0.6) is 0 Å². The molecule has 0 spiro atoms. The van der Waals surface area contributed by atoms with Gasteiger partial charge in [0.05, 0.1) is 80.9 Å². The van der Waals surface area contributed by atoms with Gasteiger partial charge in [0.25, 0.3) is 34.7 Å². The molecule has 2 aliphatic rings. The van der Waals surface area contributed by atoms with E-state index in [4.69, 9.17) is 26.5 Å². The number of carboxylic acid groups (broad SMARTS) is 2. The number of ether oxygens (including phenoxy) is 2. The van der Waals surface area contributed by atoms with Crippen LogP contribution in [0.15, 0.2) is 84.4 Å². The van der Waals surface area contributed by atoms with E-state index in [2.05, 4.69) is 113 Å². The maximum atomic E-state index is 14.0. The van der Waals surface area contributed by atoms with Crippen LogP contribution in [0.1, 0.15) is 150 Å². The lowest BCUT2D eigenvalue weighted by molar-refractivity contribution is -0.140. The highest BCUT2D eigenvalue weighted by atomic mass is 32.2. The molecular weight excluding hydrogens is 1520 g/mol. The molecule has 0 aliphatic carbocycles. The molecule has 0 radical (unpaired) electrons. The van der Waals surface area contributed by atoms with Crippen LogP contribution >= 0.6 is 0 Å². The van der Waals surface area contributed by atoms with Crippen LogP contribution < -0.4 is 54.5 Å². The molecule has 7 aromatic rings. The normalized spacial score (nSPS) is 16.3. The topological polar surface area (TPSA) is 601 Å². The van der Waals surface area contributed by atoms with E-state index in [0.717, 1.165) is 11.4 Å². The number of benzene rings is 2. The molecule has 612 valence electrons. The Labute approximate surface area is 655 Å². The zero-order valence-electron chi connectivity index (χ0n) is 64.9. The summed E-state index contributed by atoms with van der Waals surface area (Å²) in [5.74, 6) is 1.50. The number of nitrogens with zero attached hydrogens (tertiary/aromatic N) is 14. The van der Waals surface area contributed by atoms with Crippen LogP contribution in [0.25, 0.3) is 32.8 Å². The van der Waals surface area contributed by atoms with Crippen LogP contribution in [0.4, 0.5) is 23.3 Å². The highest BCUT2D eigenvalue weighted by molar-refractivity contribution is 7.94. The molecule has 14 N–H and O–H groups in total. The molecule has 2 aromatic carbocycles. The number of carbonyl (C=O) groups excluding carboxylic acids is 6. The molecule has 114 heavy (non-hydrogen) atoms. The standard InChI is InChI=1S/C36H48N12O8S.C35H45N9O8S.CH3N3/c1-35(2)19-57(55,20-36(3,4)29-28(35)45-47-48(29)5)46-26(50)7-6-15-56-16-14-38-25(49)13-12-24(33(53)54)42-31(51)21-8-10-22(11-9-21)39-17-23-18-40-30-27(41-23)32(52)44-34(37)43-30;1-34(2)13-14-35(3,4)21-53(51,20-34)44-27(46)6-5-16-52-17-15-37-26(45)12-11-25(32(49)50)41-30(47)22-7-9-23(10-8-22)38-18-24-19-39-29-28(40-24)31(48)43-33(36)42-29;1-3-4-2/h8-11,18,24,39H,6-7,12-17,19-20H2,1-5H3,(H,38,49)(H,42,51)(H,53,54)(H3,37,40,43,44,52);7-10,19,25,38H,5-6,11-12,15-18,20-21H2,1-4H3,(H,37,45)(H,41,47)(H,49,50)(H3,36,39,42,43,48);1H3/t24-,57?;25-;/m00./s1. The number of carbonyl (C=O) groups is 8. The van der Waals surface area contributed by atoms with Gasteiger partial charge in [0.15, 0.2) is 22.3 Å². The summed E-state index contributed by atoms with van der Waals surface area (Å²) in [7, 11) is -2.46. The molecule has 3 atom stereocenters. The third-order valence-electron chi connectivity index (χ3n) is 17.1. The molecule has 5 aromatic heterocycles. The summed E-state index contributed by atoms with van der Waals surface area (Å²) in [5.41, 5.74) is 19.8. The number of aromatic nitrogens is 11. The van der Waals surface area contributed by atoms with Gasteiger partial charge in [0.1, 0.15) is 12.1 Å². The Balaban J connectivity index is 0.000000302. The summed E-state index contributed by atoms with van der Waals surface area (Å²) in [5, 5.41) is 47.1. The SMILES string of the molecule is CC1(C)C#CC(C)(C)CS(=O)(=NC(=O)CCCOCCNC(=O)CC[C@H](NC(=O)c2ccc(NCc3cnc4nc(N)[nH]c(=O)c4n3)cc2)C(=O)O)C1.CN=[N+]=[N-].Cn1nnc2c1C(C)(C)CS(=O)(=NC(=O)CCCOCCNC(=O)CC[C@H](NC(=O)c1ccc(NCc3cnc4nc(N)[nH]c(=O)c4n3)cc1)C(=O)O)CC2(C)C. The van der Waals surface area contributed by atoms with Crippen molar-refractivity contribution in [2.45, 2.75) is 143 Å². The van der Waals surface area contributed by atoms with E-state index >= 15 is 0 Å². The quantitative estimate of drug-likeness (QED) is 0.00933. The van der Waals surface area contributed by atoms with E-state index in [-0.39, 0.29) is 159 Å². The molecule has 7 heterocycles. The fraction of sp³-hybridized carbons (Fsp3) is 0.500. The van der Waals surface area contributed by atoms with Gasteiger partial charge in [0.2, 0.25) is 23.7 Å². The molecule has 9 rings (SSSR count). The number of aryl methyl sites for hydroxylation is 1. The summed E-state index contributed by atoms with van der Waals surface area (Å²) in [6.07, 6.45) is 3.17. The number of anilines is 4. The number of rotatable bonds is 32. The Morgan fingerprint density at radius 2 is 1.01 bits per heavy atom. The van der Waals surface area contributed by atoms with Gasteiger partial charge < -0.3 is 63.1 Å². The number of hydrogen-bond donors (Lipinski definition) is 12. The van der Waals surface area contributed by atoms with Crippen molar-refractivity contribution >= 4 is 112 Å². The number of azide groups is 1. The summed E-state index contributed by atoms with van der Waals surface area (Å²) in [6.45, 7) is 16.9. The molecule has 40 nitrogen and oxygen atoms in total. The van der Waals surface area contributed by atoms with E-state index in [0.29, 0.717) is 35.6 Å². The first-order valence-electron chi connectivity index (χ1n) is 36.1. The van der Waals surface area contributed by atoms with Crippen molar-refractivity contribution in [3.8, 4) is 11.8 Å². The molecular formula is C72H96N24O16S2. The molecule has 0 saturated heterocycles. The zero-order valence-corrected chi connectivity index (χ0v) is 66.5. The number of aromatic amines is 2. The summed E-state index contributed by atoms with van der Waals surface area (Å²) in [6, 6.07) is 9.89. The largest absolute Gasteiger partial charge is 0.480 e. The Kier molecular flexibility index (Phi) is 31.3. The summed E-state index contributed by atoms with van der Waals surface area (Å²) < 4.78 is 48.5. The Bertz CT molecular complexity index is 5180. The molecule has 2 aliphatic heterocycles. The molecule has 42 heteroatoms. The number of nitrogens with two attached hydrogens (primary N) is 2. The number of aliphatic carboxylic acids is 2. The Morgan fingerprint density at radius 1 is 0.614 bits per heavy atom. The van der Waals surface area contributed by atoms with Crippen LogP contribution in [-0.2, 0) is 88.7 Å². The third kappa shape index (κ3) is 27.5. The highest BCUT2D eigenvalue weighted by Crippen LogP contribution is 2.39. The van der Waals surface area contributed by atoms with Gasteiger partial charge in [0, 0.05) is 138 Å². The Morgan fingerprint density at radius 3 is 1.40 bits per heavy atom. The van der Waals surface area contributed by atoms with E-state index < -0.39 is 112 Å². The lowest BCUT2D eigenvalue weighted by Crippen LogP contribution is -2.41. The van der Waals surface area contributed by atoms with E-state index in [9.17, 15) is 66.6 Å². The van der Waals surface area contributed by atoms with Crippen LogP contribution in [0.2, 0.25) is 0 Å². The predicted molar refractivity (Wildman–Crippen MR) is 423 cm³/mol. The average molecular weight is 1620 g/mol. The van der Waals surface area contributed by atoms with Crippen LogP contribution in [-0.4, -0.2) is 203 Å². The second-order valence-corrected chi connectivity index (χ2v) is 34.0. The molecule has 0 saturated carbocycles. The van der Waals surface area contributed by atoms with Gasteiger partial charge in [-0.2, -0.15) is 18.7 Å². The van der Waals surface area contributed by atoms with Gasteiger partial charge in [-0.05, 0) is 107 Å². The molecule has 1 unspecified atom stereocenters. The molecule has 0 fully saturated rings. The molecule has 0 bridgehead atoms. The van der Waals surface area contributed by atoms with Gasteiger partial charge >= 0.3 is 11.9 Å². The van der Waals surface area contributed by atoms with Crippen molar-refractivity contribution in [2.24, 2.45) is 31.7 Å². The number of carboxylic acids is 2. The monoisotopic (exact) mass is 1620 g/mol. The minimum atomic E-state index is -2.88. The predicted octanol–water partition coefficient (Wildman–Crippen LogP) is 3.95. The lowest BCUT2D eigenvalue weighted by atomic mass is 9.82. The Hall–Kier alpha value is -11.9. The molecule has 6 amide bonds. The summed E-state index contributed by atoms with van der Waals surface area (Å²) in [4.78, 5) is 155. The first-order chi connectivity index (χ1) is 53.7. The van der Waals surface area contributed by atoms with Gasteiger partial charge in [-0.1, -0.05) is 49.9 Å². The second kappa shape index (κ2) is 40.0. The number of amides is 6. The highest BCUT2D eigenvalue weighted by Gasteiger charge is 2.44. The third-order valence-corrected chi connectivity index (χ3v) is 22.8. The second-order valence-electron chi connectivity index (χ2n) is 29.3. The van der Waals surface area contributed by atoms with E-state index in [1.54, 1.807) is 36.0 Å². The van der Waals surface area contributed by atoms with Crippen LogP contribution in [0.3, 0.4) is 0 Å². The first kappa shape index (κ1) is 89.3. The van der Waals surface area contributed by atoms with Crippen molar-refractivity contribution in [1.29, 1.82) is 0 Å². The van der Waals surface area contributed by atoms with Crippen LogP contribution in [0, 0.1) is 22.7 Å². The van der Waals surface area contributed by atoms with Crippen molar-refractivity contribution in [2.75, 3.05) is 91.7 Å². The van der Waals surface area contributed by atoms with Gasteiger partial charge in [-0.25, -0.2) is 37.9 Å². The van der Waals surface area contributed by atoms with Crippen molar-refractivity contribution in [3.63, 3.8) is 0 Å². The average Bonchev–Trinajstić information content (AvgIpc) is 1.59.